The summed E-state index contributed by atoms with van der Waals surface area (Å²) in [4.78, 5) is 11.9. The van der Waals surface area contributed by atoms with Crippen LogP contribution in [0.15, 0.2) is 34.7 Å². The average molecular weight is 360 g/mol. The van der Waals surface area contributed by atoms with Crippen LogP contribution in [-0.2, 0) is 24.8 Å². The molecule has 7 nitrogen and oxygen atoms in total. The zero-order valence-corrected chi connectivity index (χ0v) is 14.7. The molecule has 0 unspecified atom stereocenters. The van der Waals surface area contributed by atoms with Gasteiger partial charge in [0.2, 0.25) is 11.8 Å². The molecule has 1 amide bonds. The van der Waals surface area contributed by atoms with E-state index in [1.165, 1.54) is 0 Å². The third-order valence-electron chi connectivity index (χ3n) is 3.66. The molecule has 0 aliphatic rings. The summed E-state index contributed by atoms with van der Waals surface area (Å²) >= 11 is 5.83. The van der Waals surface area contributed by atoms with Gasteiger partial charge in [0.25, 0.3) is 5.89 Å². The highest BCUT2D eigenvalue weighted by Crippen LogP contribution is 2.18. The molecule has 0 aliphatic carbocycles. The lowest BCUT2D eigenvalue weighted by molar-refractivity contribution is -0.121. The summed E-state index contributed by atoms with van der Waals surface area (Å²) in [6.45, 7) is 2.35. The number of carbonyl (C=O) groups excluding carboxylic acids is 1. The maximum atomic E-state index is 11.9. The second-order valence-electron chi connectivity index (χ2n) is 5.70. The maximum absolute atomic E-state index is 11.9. The first-order chi connectivity index (χ1) is 12.0. The normalized spacial score (nSPS) is 10.8. The van der Waals surface area contributed by atoms with Crippen molar-refractivity contribution in [3.05, 3.63) is 52.5 Å². The van der Waals surface area contributed by atoms with E-state index in [1.54, 1.807) is 16.8 Å². The van der Waals surface area contributed by atoms with Crippen molar-refractivity contribution in [1.82, 2.24) is 25.3 Å². The topological polar surface area (TPSA) is 85.8 Å². The summed E-state index contributed by atoms with van der Waals surface area (Å²) in [7, 11) is 1.82. The Hall–Kier alpha value is -2.67. The van der Waals surface area contributed by atoms with Crippen molar-refractivity contribution in [1.29, 1.82) is 0 Å². The van der Waals surface area contributed by atoms with Gasteiger partial charge < -0.3 is 9.73 Å². The average Bonchev–Trinajstić information content (AvgIpc) is 3.18. The Bertz CT molecular complexity index is 870. The molecule has 0 saturated carbocycles. The predicted octanol–water partition coefficient (Wildman–Crippen LogP) is 2.68. The molecule has 0 fully saturated rings. The molecule has 1 aromatic carbocycles. The zero-order chi connectivity index (χ0) is 17.8. The fraction of sp³-hybridized carbons (Fsp3) is 0.294. The van der Waals surface area contributed by atoms with Crippen molar-refractivity contribution in [2.75, 3.05) is 0 Å². The molecule has 0 aliphatic heterocycles. The first-order valence-electron chi connectivity index (χ1n) is 7.86. The van der Waals surface area contributed by atoms with E-state index in [9.17, 15) is 4.79 Å². The van der Waals surface area contributed by atoms with Gasteiger partial charge in [0.1, 0.15) is 5.69 Å². The molecule has 25 heavy (non-hydrogen) atoms. The van der Waals surface area contributed by atoms with Gasteiger partial charge >= 0.3 is 0 Å². The number of halogens is 1. The summed E-state index contributed by atoms with van der Waals surface area (Å²) in [5, 5.41) is 15.8. The fourth-order valence-corrected chi connectivity index (χ4v) is 2.51. The Labute approximate surface area is 150 Å². The lowest BCUT2D eigenvalue weighted by atomic mass is 10.2. The van der Waals surface area contributed by atoms with E-state index in [4.69, 9.17) is 16.0 Å². The molecule has 0 saturated heterocycles. The third kappa shape index (κ3) is 4.45. The van der Waals surface area contributed by atoms with Crippen LogP contribution in [0, 0.1) is 6.92 Å². The van der Waals surface area contributed by atoms with Gasteiger partial charge in [0, 0.05) is 31.5 Å². The van der Waals surface area contributed by atoms with Gasteiger partial charge in [0.15, 0.2) is 0 Å². The molecule has 2 aromatic heterocycles. The first kappa shape index (κ1) is 17.2. The Kier molecular flexibility index (Phi) is 5.14. The Morgan fingerprint density at radius 1 is 1.28 bits per heavy atom. The summed E-state index contributed by atoms with van der Waals surface area (Å²) in [6, 6.07) is 9.22. The molecular formula is C17H18ClN5O2. The number of rotatable bonds is 6. The predicted molar refractivity (Wildman–Crippen MR) is 92.9 cm³/mol. The fourth-order valence-electron chi connectivity index (χ4n) is 2.38. The Morgan fingerprint density at radius 2 is 2.04 bits per heavy atom. The number of hydrogen-bond acceptors (Lipinski definition) is 5. The monoisotopic (exact) mass is 359 g/mol. The van der Waals surface area contributed by atoms with Gasteiger partial charge in [-0.3, -0.25) is 9.48 Å². The number of hydrogen-bond donors (Lipinski definition) is 1. The van der Waals surface area contributed by atoms with Crippen LogP contribution in [0.1, 0.15) is 23.6 Å². The van der Waals surface area contributed by atoms with Crippen molar-refractivity contribution >= 4 is 17.5 Å². The minimum atomic E-state index is -0.0777. The number of nitrogens with one attached hydrogen (secondary N) is 1. The van der Waals surface area contributed by atoms with Crippen LogP contribution < -0.4 is 5.32 Å². The van der Waals surface area contributed by atoms with E-state index in [0.29, 0.717) is 29.8 Å². The van der Waals surface area contributed by atoms with Gasteiger partial charge in [-0.1, -0.05) is 23.7 Å². The van der Waals surface area contributed by atoms with Gasteiger partial charge in [-0.2, -0.15) is 5.10 Å². The number of carbonyl (C=O) groups is 1. The highest BCUT2D eigenvalue weighted by Gasteiger charge is 2.14. The van der Waals surface area contributed by atoms with Crippen molar-refractivity contribution in [3.63, 3.8) is 0 Å². The number of aryl methyl sites for hydroxylation is 3. The summed E-state index contributed by atoms with van der Waals surface area (Å²) in [6.07, 6.45) is 0.663. The number of benzene rings is 1. The van der Waals surface area contributed by atoms with Crippen molar-refractivity contribution in [3.8, 4) is 11.6 Å². The molecule has 1 N–H and O–H groups in total. The molecule has 0 spiro atoms. The zero-order valence-electron chi connectivity index (χ0n) is 14.0. The van der Waals surface area contributed by atoms with E-state index in [0.717, 1.165) is 17.0 Å². The number of aromatic nitrogens is 4. The van der Waals surface area contributed by atoms with E-state index in [2.05, 4.69) is 20.6 Å². The highest BCUT2D eigenvalue weighted by molar-refractivity contribution is 6.30. The van der Waals surface area contributed by atoms with Crippen LogP contribution in [0.2, 0.25) is 5.02 Å². The van der Waals surface area contributed by atoms with Crippen molar-refractivity contribution < 1.29 is 9.21 Å². The van der Waals surface area contributed by atoms with Crippen LogP contribution >= 0.6 is 11.6 Å². The highest BCUT2D eigenvalue weighted by atomic mass is 35.5. The van der Waals surface area contributed by atoms with Gasteiger partial charge in [-0.25, -0.2) is 0 Å². The van der Waals surface area contributed by atoms with Crippen LogP contribution in [0.5, 0.6) is 0 Å². The summed E-state index contributed by atoms with van der Waals surface area (Å²) in [5.41, 5.74) is 2.62. The lowest BCUT2D eigenvalue weighted by Crippen LogP contribution is -2.23. The smallest absolute Gasteiger partial charge is 0.265 e. The Balaban J connectivity index is 1.51. The largest absolute Gasteiger partial charge is 0.419 e. The van der Waals surface area contributed by atoms with E-state index in [-0.39, 0.29) is 12.3 Å². The van der Waals surface area contributed by atoms with Crippen molar-refractivity contribution in [2.24, 2.45) is 7.05 Å². The maximum Gasteiger partial charge on any atom is 0.265 e. The summed E-state index contributed by atoms with van der Waals surface area (Å²) in [5.74, 6) is 0.751. The molecule has 8 heteroatoms. The molecule has 130 valence electrons. The number of nitrogens with zero attached hydrogens (tertiary/aromatic N) is 4. The van der Waals surface area contributed by atoms with E-state index < -0.39 is 0 Å². The van der Waals surface area contributed by atoms with Gasteiger partial charge in [0.05, 0.1) is 5.69 Å². The second-order valence-corrected chi connectivity index (χ2v) is 6.14. The van der Waals surface area contributed by atoms with Crippen LogP contribution in [0.4, 0.5) is 0 Å². The molecule has 0 bridgehead atoms. The second kappa shape index (κ2) is 7.48. The van der Waals surface area contributed by atoms with Crippen LogP contribution in [-0.4, -0.2) is 25.9 Å². The molecule has 3 rings (SSSR count). The molecule has 2 heterocycles. The molecular weight excluding hydrogens is 342 g/mol. The quantitative estimate of drug-likeness (QED) is 0.731. The van der Waals surface area contributed by atoms with Crippen molar-refractivity contribution in [2.45, 2.75) is 26.3 Å². The standard InChI is InChI=1S/C17H18ClN5O2/c1-11-9-14(23(2)22-11)17-21-20-16(25-17)8-7-15(24)19-10-12-3-5-13(18)6-4-12/h3-6,9H,7-8,10H2,1-2H3,(H,19,24). The van der Waals surface area contributed by atoms with Crippen LogP contribution in [0.3, 0.4) is 0 Å². The summed E-state index contributed by atoms with van der Waals surface area (Å²) < 4.78 is 7.30. The minimum Gasteiger partial charge on any atom is -0.419 e. The van der Waals surface area contributed by atoms with E-state index in [1.807, 2.05) is 32.2 Å². The first-order valence-corrected chi connectivity index (χ1v) is 8.23. The molecule has 3 aromatic rings. The minimum absolute atomic E-state index is 0.0777. The van der Waals surface area contributed by atoms with E-state index >= 15 is 0 Å². The van der Waals surface area contributed by atoms with Gasteiger partial charge in [-0.05, 0) is 30.7 Å². The van der Waals surface area contributed by atoms with Gasteiger partial charge in [-0.15, -0.1) is 10.2 Å². The van der Waals surface area contributed by atoms with Crippen LogP contribution in [0.25, 0.3) is 11.6 Å². The lowest BCUT2D eigenvalue weighted by Gasteiger charge is -2.04. The SMILES string of the molecule is Cc1cc(-c2nnc(CCC(=O)NCc3ccc(Cl)cc3)o2)n(C)n1. The number of amides is 1. The third-order valence-corrected chi connectivity index (χ3v) is 3.91. The molecule has 0 radical (unpaired) electrons. The Morgan fingerprint density at radius 3 is 2.72 bits per heavy atom. The molecule has 0 atom stereocenters.